The molecule has 34 heavy (non-hydrogen) atoms. The van der Waals surface area contributed by atoms with E-state index in [2.05, 4.69) is 10.6 Å². The number of ether oxygens (including phenoxy) is 1. The first-order valence-electron chi connectivity index (χ1n) is 11.2. The molecule has 0 aliphatic heterocycles. The standard InChI is InChI=1S/C25H27N3O5S/c1-32-19-11-5-4-10-18(19)28(22(29)16-26-24(30)20-12-6-14-33-20)23(21-13-7-15-34-21)25(31)27-17-8-2-3-9-17/h4-7,10-15,17,23H,2-3,8-9,16H2,1H3,(H,26,30)(H,27,31)/t23-/m0/s1. The van der Waals surface area contributed by atoms with E-state index in [1.165, 1.54) is 35.7 Å². The Kier molecular flexibility index (Phi) is 7.64. The van der Waals surface area contributed by atoms with E-state index >= 15 is 0 Å². The maximum absolute atomic E-state index is 13.6. The number of carbonyl (C=O) groups is 3. The van der Waals surface area contributed by atoms with Crippen molar-refractivity contribution >= 4 is 34.7 Å². The number of hydrogen-bond donors (Lipinski definition) is 2. The molecule has 0 unspecified atom stereocenters. The molecule has 1 aliphatic carbocycles. The number of carbonyl (C=O) groups excluding carboxylic acids is 3. The smallest absolute Gasteiger partial charge is 0.287 e. The fraction of sp³-hybridized carbons (Fsp3) is 0.320. The summed E-state index contributed by atoms with van der Waals surface area (Å²) >= 11 is 1.40. The van der Waals surface area contributed by atoms with Crippen LogP contribution in [0.15, 0.2) is 64.6 Å². The zero-order chi connectivity index (χ0) is 23.9. The normalized spacial score (nSPS) is 14.4. The number of thiophene rings is 1. The molecule has 0 radical (unpaired) electrons. The van der Waals surface area contributed by atoms with E-state index in [1.807, 2.05) is 17.5 Å². The molecule has 1 aromatic carbocycles. The van der Waals surface area contributed by atoms with Gasteiger partial charge in [0.05, 0.1) is 25.6 Å². The Morgan fingerprint density at radius 2 is 1.91 bits per heavy atom. The summed E-state index contributed by atoms with van der Waals surface area (Å²) in [6.07, 6.45) is 5.37. The number of rotatable bonds is 9. The van der Waals surface area contributed by atoms with E-state index < -0.39 is 17.9 Å². The average molecular weight is 482 g/mol. The number of nitrogens with zero attached hydrogens (tertiary/aromatic N) is 1. The molecular weight excluding hydrogens is 454 g/mol. The summed E-state index contributed by atoms with van der Waals surface area (Å²) in [4.78, 5) is 41.7. The van der Waals surface area contributed by atoms with E-state index in [-0.39, 0.29) is 24.3 Å². The number of nitrogens with one attached hydrogen (secondary N) is 2. The molecule has 1 atom stereocenters. The highest BCUT2D eigenvalue weighted by Crippen LogP contribution is 2.36. The van der Waals surface area contributed by atoms with Crippen molar-refractivity contribution in [3.05, 3.63) is 70.8 Å². The Balaban J connectivity index is 1.67. The van der Waals surface area contributed by atoms with E-state index in [0.717, 1.165) is 25.7 Å². The molecule has 2 N–H and O–H groups in total. The minimum absolute atomic E-state index is 0.0863. The van der Waals surface area contributed by atoms with Crippen molar-refractivity contribution in [3.63, 3.8) is 0 Å². The molecule has 1 aliphatic rings. The Hall–Kier alpha value is -3.59. The summed E-state index contributed by atoms with van der Waals surface area (Å²) in [6, 6.07) is 13.0. The van der Waals surface area contributed by atoms with Crippen molar-refractivity contribution in [1.29, 1.82) is 0 Å². The van der Waals surface area contributed by atoms with Crippen LogP contribution in [0.4, 0.5) is 5.69 Å². The van der Waals surface area contributed by atoms with Gasteiger partial charge in [0, 0.05) is 10.9 Å². The second-order valence-electron chi connectivity index (χ2n) is 8.00. The molecule has 0 saturated heterocycles. The second-order valence-corrected chi connectivity index (χ2v) is 8.98. The first kappa shape index (κ1) is 23.6. The average Bonchev–Trinajstić information content (AvgIpc) is 3.64. The summed E-state index contributed by atoms with van der Waals surface area (Å²) in [7, 11) is 1.51. The molecule has 0 bridgehead atoms. The van der Waals surface area contributed by atoms with Crippen molar-refractivity contribution in [1.82, 2.24) is 10.6 Å². The van der Waals surface area contributed by atoms with Crippen molar-refractivity contribution in [2.45, 2.75) is 37.8 Å². The lowest BCUT2D eigenvalue weighted by Gasteiger charge is -2.32. The van der Waals surface area contributed by atoms with Crippen LogP contribution in [-0.4, -0.2) is 37.4 Å². The molecule has 2 heterocycles. The van der Waals surface area contributed by atoms with Crippen LogP contribution in [0.5, 0.6) is 5.75 Å². The minimum atomic E-state index is -0.912. The third kappa shape index (κ3) is 5.31. The fourth-order valence-electron chi connectivity index (χ4n) is 4.15. The number of para-hydroxylation sites is 2. The molecule has 4 rings (SSSR count). The lowest BCUT2D eigenvalue weighted by molar-refractivity contribution is -0.126. The summed E-state index contributed by atoms with van der Waals surface area (Å²) < 4.78 is 10.6. The Labute approximate surface area is 201 Å². The van der Waals surface area contributed by atoms with Gasteiger partial charge >= 0.3 is 0 Å². The Morgan fingerprint density at radius 1 is 1.12 bits per heavy atom. The van der Waals surface area contributed by atoms with Crippen molar-refractivity contribution in [2.24, 2.45) is 0 Å². The highest BCUT2D eigenvalue weighted by Gasteiger charge is 2.36. The van der Waals surface area contributed by atoms with Crippen LogP contribution in [0.25, 0.3) is 0 Å². The quantitative estimate of drug-likeness (QED) is 0.483. The molecule has 1 saturated carbocycles. The van der Waals surface area contributed by atoms with Gasteiger partial charge in [0.1, 0.15) is 11.8 Å². The predicted octanol–water partition coefficient (Wildman–Crippen LogP) is 3.91. The molecule has 8 nitrogen and oxygen atoms in total. The predicted molar refractivity (Wildman–Crippen MR) is 129 cm³/mol. The van der Waals surface area contributed by atoms with Crippen molar-refractivity contribution in [3.8, 4) is 5.75 Å². The molecule has 178 valence electrons. The maximum Gasteiger partial charge on any atom is 0.287 e. The van der Waals surface area contributed by atoms with Gasteiger partial charge in [0.25, 0.3) is 5.91 Å². The molecular formula is C25H27N3O5S. The third-order valence-corrected chi connectivity index (χ3v) is 6.70. The van der Waals surface area contributed by atoms with Crippen molar-refractivity contribution in [2.75, 3.05) is 18.6 Å². The van der Waals surface area contributed by atoms with Gasteiger partial charge in [-0.3, -0.25) is 19.3 Å². The van der Waals surface area contributed by atoms with E-state index in [4.69, 9.17) is 9.15 Å². The van der Waals surface area contributed by atoms with E-state index in [9.17, 15) is 14.4 Å². The first-order valence-corrected chi connectivity index (χ1v) is 12.1. The summed E-state index contributed by atoms with van der Waals surface area (Å²) in [5, 5.41) is 7.59. The molecule has 3 aromatic rings. The van der Waals surface area contributed by atoms with Gasteiger partial charge < -0.3 is 19.8 Å². The molecule has 2 aromatic heterocycles. The topological polar surface area (TPSA) is 101 Å². The highest BCUT2D eigenvalue weighted by molar-refractivity contribution is 7.10. The first-order chi connectivity index (χ1) is 16.6. The van der Waals surface area contributed by atoms with Crippen LogP contribution in [0, 0.1) is 0 Å². The van der Waals surface area contributed by atoms with Gasteiger partial charge in [0.15, 0.2) is 5.76 Å². The minimum Gasteiger partial charge on any atom is -0.495 e. The van der Waals surface area contributed by atoms with Crippen LogP contribution in [0.3, 0.4) is 0 Å². The van der Waals surface area contributed by atoms with Gasteiger partial charge in [-0.05, 0) is 48.6 Å². The molecule has 3 amide bonds. The fourth-order valence-corrected chi connectivity index (χ4v) is 4.97. The van der Waals surface area contributed by atoms with Crippen LogP contribution in [-0.2, 0) is 9.59 Å². The molecule has 0 spiro atoms. The summed E-state index contributed by atoms with van der Waals surface area (Å²) in [5.41, 5.74) is 0.446. The van der Waals surface area contributed by atoms with E-state index in [0.29, 0.717) is 16.3 Å². The van der Waals surface area contributed by atoms with Crippen LogP contribution in [0.2, 0.25) is 0 Å². The van der Waals surface area contributed by atoms with Gasteiger partial charge in [-0.25, -0.2) is 0 Å². The van der Waals surface area contributed by atoms with Crippen LogP contribution >= 0.6 is 11.3 Å². The number of anilines is 1. The SMILES string of the molecule is COc1ccccc1N(C(=O)CNC(=O)c1ccco1)[C@H](C(=O)NC1CCCC1)c1cccs1. The Bertz CT molecular complexity index is 1110. The highest BCUT2D eigenvalue weighted by atomic mass is 32.1. The molecule has 9 heteroatoms. The van der Waals surface area contributed by atoms with Gasteiger partial charge in [0.2, 0.25) is 11.8 Å². The zero-order valence-electron chi connectivity index (χ0n) is 18.9. The largest absolute Gasteiger partial charge is 0.495 e. The number of methoxy groups -OCH3 is 1. The second kappa shape index (κ2) is 11.0. The van der Waals surface area contributed by atoms with Crippen LogP contribution < -0.4 is 20.3 Å². The lowest BCUT2D eigenvalue weighted by Crippen LogP contribution is -2.49. The summed E-state index contributed by atoms with van der Waals surface area (Å²) in [6.45, 7) is -0.323. The maximum atomic E-state index is 13.6. The third-order valence-electron chi connectivity index (χ3n) is 5.78. The van der Waals surface area contributed by atoms with Crippen LogP contribution in [0.1, 0.15) is 47.2 Å². The van der Waals surface area contributed by atoms with Gasteiger partial charge in [-0.1, -0.05) is 31.0 Å². The van der Waals surface area contributed by atoms with Gasteiger partial charge in [-0.2, -0.15) is 0 Å². The number of hydrogen-bond acceptors (Lipinski definition) is 6. The zero-order valence-corrected chi connectivity index (χ0v) is 19.7. The summed E-state index contributed by atoms with van der Waals surface area (Å²) in [5.74, 6) is -0.675. The monoisotopic (exact) mass is 481 g/mol. The number of amides is 3. The lowest BCUT2D eigenvalue weighted by atomic mass is 10.1. The Morgan fingerprint density at radius 3 is 2.59 bits per heavy atom. The number of furan rings is 1. The van der Waals surface area contributed by atoms with Gasteiger partial charge in [-0.15, -0.1) is 11.3 Å². The van der Waals surface area contributed by atoms with Crippen molar-refractivity contribution < 1.29 is 23.5 Å². The van der Waals surface area contributed by atoms with E-state index in [1.54, 1.807) is 30.3 Å². The molecule has 1 fully saturated rings. The number of benzene rings is 1.